The number of amides is 1. The summed E-state index contributed by atoms with van der Waals surface area (Å²) in [4.78, 5) is 26.3. The van der Waals surface area contributed by atoms with Crippen molar-refractivity contribution in [3.8, 4) is 0 Å². The molecule has 1 unspecified atom stereocenters. The third-order valence-corrected chi connectivity index (χ3v) is 5.61. The molecule has 4 N–H and O–H groups in total. The number of benzene rings is 1. The zero-order valence-electron chi connectivity index (χ0n) is 20.9. The Balaban J connectivity index is 1.66. The molecule has 4 aromatic rings. The van der Waals surface area contributed by atoms with Crippen LogP contribution in [0.4, 0.5) is 17.6 Å². The largest absolute Gasteiger partial charge is 0.394 e. The number of aromatic nitrogens is 5. The molecule has 4 rings (SSSR count). The molecule has 10 heteroatoms. The third kappa shape index (κ3) is 5.77. The SMILES string of the molecule is CC(C)CNC(=O)c1cnc(Nc2cc3c(cn2)cnn3C(C)C)nc1NC(CO)c1ccccc1. The van der Waals surface area contributed by atoms with E-state index < -0.39 is 6.04 Å². The van der Waals surface area contributed by atoms with Gasteiger partial charge in [0.1, 0.15) is 17.2 Å². The van der Waals surface area contributed by atoms with E-state index in [2.05, 4.69) is 49.8 Å². The van der Waals surface area contributed by atoms with Gasteiger partial charge in [0.2, 0.25) is 5.95 Å². The highest BCUT2D eigenvalue weighted by atomic mass is 16.3. The van der Waals surface area contributed by atoms with Gasteiger partial charge in [0.05, 0.1) is 24.4 Å². The molecule has 3 heterocycles. The predicted molar refractivity (Wildman–Crippen MR) is 140 cm³/mol. The minimum Gasteiger partial charge on any atom is -0.394 e. The number of aliphatic hydroxyl groups is 1. The van der Waals surface area contributed by atoms with Gasteiger partial charge >= 0.3 is 0 Å². The van der Waals surface area contributed by atoms with E-state index in [-0.39, 0.29) is 30.1 Å². The van der Waals surface area contributed by atoms with Crippen molar-refractivity contribution in [3.05, 3.63) is 66.1 Å². The molecule has 188 valence electrons. The molecule has 10 nitrogen and oxygen atoms in total. The maximum atomic E-state index is 12.9. The van der Waals surface area contributed by atoms with Crippen LogP contribution in [-0.2, 0) is 0 Å². The minimum absolute atomic E-state index is 0.179. The van der Waals surface area contributed by atoms with Gasteiger partial charge in [0.15, 0.2) is 0 Å². The van der Waals surface area contributed by atoms with Gasteiger partial charge < -0.3 is 21.1 Å². The highest BCUT2D eigenvalue weighted by Gasteiger charge is 2.19. The molecular weight excluding hydrogens is 456 g/mol. The molecule has 0 radical (unpaired) electrons. The van der Waals surface area contributed by atoms with Crippen molar-refractivity contribution >= 4 is 34.4 Å². The lowest BCUT2D eigenvalue weighted by Gasteiger charge is -2.20. The number of carbonyl (C=O) groups is 1. The Hall–Kier alpha value is -4.05. The second kappa shape index (κ2) is 11.1. The van der Waals surface area contributed by atoms with Gasteiger partial charge in [-0.15, -0.1) is 0 Å². The molecule has 1 amide bonds. The molecule has 0 fully saturated rings. The Labute approximate surface area is 210 Å². The summed E-state index contributed by atoms with van der Waals surface area (Å²) in [7, 11) is 0. The molecule has 0 aliphatic carbocycles. The molecular formula is C26H32N8O2. The smallest absolute Gasteiger partial charge is 0.256 e. The molecule has 1 aromatic carbocycles. The van der Waals surface area contributed by atoms with Crippen molar-refractivity contribution in [2.45, 2.75) is 39.8 Å². The summed E-state index contributed by atoms with van der Waals surface area (Å²) in [6.45, 7) is 8.52. The van der Waals surface area contributed by atoms with Crippen LogP contribution in [0.2, 0.25) is 0 Å². The van der Waals surface area contributed by atoms with Gasteiger partial charge in [-0.05, 0) is 25.3 Å². The lowest BCUT2D eigenvalue weighted by atomic mass is 10.1. The summed E-state index contributed by atoms with van der Waals surface area (Å²) < 4.78 is 1.92. The molecule has 0 saturated carbocycles. The fourth-order valence-electron chi connectivity index (χ4n) is 3.73. The van der Waals surface area contributed by atoms with Crippen LogP contribution in [0.1, 0.15) is 55.7 Å². The summed E-state index contributed by atoms with van der Waals surface area (Å²) in [5.74, 6) is 1.13. The van der Waals surface area contributed by atoms with Crippen LogP contribution in [0.3, 0.4) is 0 Å². The summed E-state index contributed by atoms with van der Waals surface area (Å²) in [6, 6.07) is 11.1. The van der Waals surface area contributed by atoms with Gasteiger partial charge in [0, 0.05) is 36.4 Å². The van der Waals surface area contributed by atoms with E-state index in [1.165, 1.54) is 6.20 Å². The number of nitrogens with zero attached hydrogens (tertiary/aromatic N) is 5. The first-order valence-electron chi connectivity index (χ1n) is 12.0. The zero-order chi connectivity index (χ0) is 25.7. The van der Waals surface area contributed by atoms with Crippen molar-refractivity contribution in [1.82, 2.24) is 30.0 Å². The van der Waals surface area contributed by atoms with E-state index in [0.29, 0.717) is 24.1 Å². The van der Waals surface area contributed by atoms with Gasteiger partial charge in [0.25, 0.3) is 5.91 Å². The van der Waals surface area contributed by atoms with Crippen molar-refractivity contribution in [3.63, 3.8) is 0 Å². The molecule has 0 saturated heterocycles. The molecule has 0 aliphatic heterocycles. The average Bonchev–Trinajstić information content (AvgIpc) is 3.30. The number of carbonyl (C=O) groups excluding carboxylic acids is 1. The summed E-state index contributed by atoms with van der Waals surface area (Å²) >= 11 is 0. The second-order valence-electron chi connectivity index (χ2n) is 9.29. The van der Waals surface area contributed by atoms with E-state index in [1.807, 2.05) is 54.9 Å². The highest BCUT2D eigenvalue weighted by Crippen LogP contribution is 2.24. The van der Waals surface area contributed by atoms with Crippen molar-refractivity contribution in [1.29, 1.82) is 0 Å². The average molecular weight is 489 g/mol. The molecule has 36 heavy (non-hydrogen) atoms. The monoisotopic (exact) mass is 488 g/mol. The standard InChI is InChI=1S/C26H32N8O2/c1-16(2)11-28-25(36)20-14-29-26(33-24(20)31-21(15-35)18-8-6-5-7-9-18)32-23-10-22-19(12-27-23)13-30-34(22)17(3)4/h5-10,12-14,16-17,21,35H,11,15H2,1-4H3,(H,28,36)(H2,27,29,31,32,33). The quantitative estimate of drug-likeness (QED) is 0.263. The maximum absolute atomic E-state index is 12.9. The molecule has 1 atom stereocenters. The van der Waals surface area contributed by atoms with Crippen LogP contribution in [-0.4, -0.2) is 48.9 Å². The number of nitrogens with one attached hydrogen (secondary N) is 3. The number of fused-ring (bicyclic) bond motifs is 1. The van der Waals surface area contributed by atoms with Crippen molar-refractivity contribution in [2.75, 3.05) is 23.8 Å². The molecule has 0 aliphatic rings. The predicted octanol–water partition coefficient (Wildman–Crippen LogP) is 4.08. The molecule has 0 spiro atoms. The van der Waals surface area contributed by atoms with Gasteiger partial charge in [-0.2, -0.15) is 10.1 Å². The van der Waals surface area contributed by atoms with Gasteiger partial charge in [-0.25, -0.2) is 9.97 Å². The summed E-state index contributed by atoms with van der Waals surface area (Å²) in [6.07, 6.45) is 5.01. The number of aliphatic hydroxyl groups excluding tert-OH is 1. The maximum Gasteiger partial charge on any atom is 0.256 e. The number of rotatable bonds is 10. The summed E-state index contributed by atoms with van der Waals surface area (Å²) in [5, 5.41) is 24.7. The Morgan fingerprint density at radius 2 is 1.83 bits per heavy atom. The lowest BCUT2D eigenvalue weighted by molar-refractivity contribution is 0.0949. The van der Waals surface area contributed by atoms with Crippen LogP contribution in [0.25, 0.3) is 10.9 Å². The van der Waals surface area contributed by atoms with Crippen LogP contribution in [0.15, 0.2) is 55.0 Å². The van der Waals surface area contributed by atoms with Crippen molar-refractivity contribution < 1.29 is 9.90 Å². The Kier molecular flexibility index (Phi) is 7.74. The van der Waals surface area contributed by atoms with Gasteiger partial charge in [-0.1, -0.05) is 44.2 Å². The number of anilines is 3. The second-order valence-corrected chi connectivity index (χ2v) is 9.29. The summed E-state index contributed by atoms with van der Waals surface area (Å²) in [5.41, 5.74) is 2.10. The van der Waals surface area contributed by atoms with E-state index in [9.17, 15) is 9.90 Å². The zero-order valence-corrected chi connectivity index (χ0v) is 20.9. The molecule has 0 bridgehead atoms. The van der Waals surface area contributed by atoms with Crippen molar-refractivity contribution in [2.24, 2.45) is 5.92 Å². The fourth-order valence-corrected chi connectivity index (χ4v) is 3.73. The third-order valence-electron chi connectivity index (χ3n) is 5.61. The molecule has 3 aromatic heterocycles. The minimum atomic E-state index is -0.458. The first-order valence-corrected chi connectivity index (χ1v) is 12.0. The van der Waals surface area contributed by atoms with E-state index in [4.69, 9.17) is 0 Å². The topological polar surface area (TPSA) is 130 Å². The van der Waals surface area contributed by atoms with Crippen LogP contribution >= 0.6 is 0 Å². The van der Waals surface area contributed by atoms with Crippen LogP contribution in [0.5, 0.6) is 0 Å². The van der Waals surface area contributed by atoms with E-state index in [0.717, 1.165) is 16.5 Å². The fraction of sp³-hybridized carbons (Fsp3) is 0.346. The Morgan fingerprint density at radius 1 is 1.06 bits per heavy atom. The van der Waals surface area contributed by atoms with Gasteiger partial charge in [-0.3, -0.25) is 9.48 Å². The van der Waals surface area contributed by atoms with Crippen LogP contribution < -0.4 is 16.0 Å². The van der Waals surface area contributed by atoms with E-state index in [1.54, 1.807) is 12.4 Å². The normalized spacial score (nSPS) is 12.2. The highest BCUT2D eigenvalue weighted by molar-refractivity contribution is 5.98. The first kappa shape index (κ1) is 25.1. The lowest BCUT2D eigenvalue weighted by Crippen LogP contribution is -2.29. The first-order chi connectivity index (χ1) is 17.4. The van der Waals surface area contributed by atoms with E-state index >= 15 is 0 Å². The Bertz CT molecular complexity index is 1320. The van der Waals surface area contributed by atoms with Crippen LogP contribution in [0, 0.1) is 5.92 Å². The number of pyridine rings is 1. The number of hydrogen-bond donors (Lipinski definition) is 4. The number of hydrogen-bond acceptors (Lipinski definition) is 8. The Morgan fingerprint density at radius 3 is 2.53 bits per heavy atom.